The molecule has 0 aromatic heterocycles. The van der Waals surface area contributed by atoms with Crippen molar-refractivity contribution in [2.24, 2.45) is 11.8 Å². The molecule has 2 saturated heterocycles. The molecule has 1 aromatic carbocycles. The van der Waals surface area contributed by atoms with Crippen molar-refractivity contribution >= 4 is 11.9 Å². The maximum Gasteiger partial charge on any atom is 0.310 e. The molecule has 2 N–H and O–H groups in total. The van der Waals surface area contributed by atoms with E-state index in [4.69, 9.17) is 4.74 Å². The normalized spacial score (nSPS) is 31.0. The van der Waals surface area contributed by atoms with E-state index in [-0.39, 0.29) is 24.0 Å². The summed E-state index contributed by atoms with van der Waals surface area (Å²) in [5.74, 6) is -2.19. The van der Waals surface area contributed by atoms with Crippen molar-refractivity contribution in [3.63, 3.8) is 0 Å². The summed E-state index contributed by atoms with van der Waals surface area (Å²) in [7, 11) is 0. The number of carboxylic acids is 1. The van der Waals surface area contributed by atoms with Crippen molar-refractivity contribution in [2.75, 3.05) is 6.54 Å². The SMILES string of the molecule is CC(CNC(=O)C1C2CCC(O2)C1C(=O)O)c1ccccc1. The molecule has 5 heteroatoms. The monoisotopic (exact) mass is 303 g/mol. The Bertz CT molecular complexity index is 559. The molecule has 5 atom stereocenters. The highest BCUT2D eigenvalue weighted by molar-refractivity contribution is 5.86. The molecule has 2 heterocycles. The van der Waals surface area contributed by atoms with Gasteiger partial charge in [0.05, 0.1) is 24.0 Å². The smallest absolute Gasteiger partial charge is 0.310 e. The van der Waals surface area contributed by atoms with Crippen LogP contribution in [0.2, 0.25) is 0 Å². The Morgan fingerprint density at radius 2 is 1.86 bits per heavy atom. The Hall–Kier alpha value is -1.88. The van der Waals surface area contributed by atoms with Gasteiger partial charge in [-0.15, -0.1) is 0 Å². The van der Waals surface area contributed by atoms with Gasteiger partial charge in [0, 0.05) is 6.54 Å². The first-order chi connectivity index (χ1) is 10.6. The number of fused-ring (bicyclic) bond motifs is 2. The highest BCUT2D eigenvalue weighted by Gasteiger charge is 2.55. The lowest BCUT2D eigenvalue weighted by atomic mass is 9.78. The molecular weight excluding hydrogens is 282 g/mol. The summed E-state index contributed by atoms with van der Waals surface area (Å²) in [6, 6.07) is 9.95. The molecule has 22 heavy (non-hydrogen) atoms. The van der Waals surface area contributed by atoms with Gasteiger partial charge in [0.1, 0.15) is 0 Å². The van der Waals surface area contributed by atoms with Crippen LogP contribution >= 0.6 is 0 Å². The average molecular weight is 303 g/mol. The minimum absolute atomic E-state index is 0.188. The van der Waals surface area contributed by atoms with Gasteiger partial charge in [0.2, 0.25) is 5.91 Å². The lowest BCUT2D eigenvalue weighted by Gasteiger charge is -2.24. The molecule has 0 aliphatic carbocycles. The van der Waals surface area contributed by atoms with Gasteiger partial charge in [-0.05, 0) is 24.3 Å². The summed E-state index contributed by atoms with van der Waals surface area (Å²) in [5, 5.41) is 12.3. The van der Waals surface area contributed by atoms with E-state index in [2.05, 4.69) is 5.32 Å². The van der Waals surface area contributed by atoms with E-state index >= 15 is 0 Å². The standard InChI is InChI=1S/C17H21NO4/c1-10(11-5-3-2-4-6-11)9-18-16(19)14-12-7-8-13(22-12)15(14)17(20)21/h2-6,10,12-15H,7-9H2,1H3,(H,18,19)(H,20,21). The van der Waals surface area contributed by atoms with Gasteiger partial charge >= 0.3 is 5.97 Å². The summed E-state index contributed by atoms with van der Waals surface area (Å²) in [5.41, 5.74) is 1.15. The van der Waals surface area contributed by atoms with E-state index in [1.807, 2.05) is 37.3 Å². The summed E-state index contributed by atoms with van der Waals surface area (Å²) in [6.07, 6.45) is 0.981. The van der Waals surface area contributed by atoms with Crippen LogP contribution in [0.3, 0.4) is 0 Å². The first kappa shape index (κ1) is 15.0. The minimum atomic E-state index is -0.927. The van der Waals surface area contributed by atoms with Crippen LogP contribution in [0, 0.1) is 11.8 Å². The molecule has 2 bridgehead atoms. The number of benzene rings is 1. The Morgan fingerprint density at radius 3 is 2.50 bits per heavy atom. The van der Waals surface area contributed by atoms with Crippen LogP contribution in [0.5, 0.6) is 0 Å². The molecule has 0 radical (unpaired) electrons. The molecular formula is C17H21NO4. The summed E-state index contributed by atoms with van der Waals surface area (Å²) >= 11 is 0. The molecule has 5 unspecified atom stereocenters. The molecule has 2 aliphatic heterocycles. The molecule has 0 spiro atoms. The van der Waals surface area contributed by atoms with Crippen LogP contribution in [-0.2, 0) is 14.3 Å². The maximum atomic E-state index is 12.4. The number of ether oxygens (including phenoxy) is 1. The van der Waals surface area contributed by atoms with Crippen LogP contribution in [0.25, 0.3) is 0 Å². The summed E-state index contributed by atoms with van der Waals surface area (Å²) in [6.45, 7) is 2.55. The van der Waals surface area contributed by atoms with E-state index in [0.717, 1.165) is 18.4 Å². The van der Waals surface area contributed by atoms with Crippen molar-refractivity contribution in [1.29, 1.82) is 0 Å². The van der Waals surface area contributed by atoms with E-state index in [0.29, 0.717) is 6.54 Å². The number of hydrogen-bond donors (Lipinski definition) is 2. The molecule has 2 aliphatic rings. The van der Waals surface area contributed by atoms with E-state index < -0.39 is 17.8 Å². The van der Waals surface area contributed by atoms with Gasteiger partial charge < -0.3 is 15.2 Å². The second-order valence-corrected chi connectivity index (χ2v) is 6.24. The molecule has 2 fully saturated rings. The number of hydrogen-bond acceptors (Lipinski definition) is 3. The van der Waals surface area contributed by atoms with Crippen molar-refractivity contribution in [2.45, 2.75) is 37.9 Å². The second-order valence-electron chi connectivity index (χ2n) is 6.24. The van der Waals surface area contributed by atoms with Crippen LogP contribution in [0.4, 0.5) is 0 Å². The third kappa shape index (κ3) is 2.73. The number of carboxylic acid groups (broad SMARTS) is 1. The van der Waals surface area contributed by atoms with Gasteiger partial charge in [0.25, 0.3) is 0 Å². The number of nitrogens with one attached hydrogen (secondary N) is 1. The van der Waals surface area contributed by atoms with Crippen molar-refractivity contribution in [1.82, 2.24) is 5.32 Å². The molecule has 5 nitrogen and oxygen atoms in total. The van der Waals surface area contributed by atoms with Gasteiger partial charge in [0.15, 0.2) is 0 Å². The maximum absolute atomic E-state index is 12.4. The average Bonchev–Trinajstić information content (AvgIpc) is 3.14. The fourth-order valence-corrected chi connectivity index (χ4v) is 3.60. The number of carbonyl (C=O) groups is 2. The highest BCUT2D eigenvalue weighted by atomic mass is 16.5. The van der Waals surface area contributed by atoms with Crippen LogP contribution in [0.1, 0.15) is 31.2 Å². The van der Waals surface area contributed by atoms with E-state index in [1.54, 1.807) is 0 Å². The Balaban J connectivity index is 1.61. The Morgan fingerprint density at radius 1 is 1.23 bits per heavy atom. The zero-order valence-corrected chi connectivity index (χ0v) is 12.6. The first-order valence-electron chi connectivity index (χ1n) is 7.79. The van der Waals surface area contributed by atoms with Crippen molar-refractivity contribution < 1.29 is 19.4 Å². The van der Waals surface area contributed by atoms with Crippen LogP contribution < -0.4 is 5.32 Å². The minimum Gasteiger partial charge on any atom is -0.481 e. The zero-order chi connectivity index (χ0) is 15.7. The topological polar surface area (TPSA) is 75.6 Å². The third-order valence-electron chi connectivity index (χ3n) is 4.81. The third-order valence-corrected chi connectivity index (χ3v) is 4.81. The van der Waals surface area contributed by atoms with Gasteiger partial charge in [-0.3, -0.25) is 9.59 Å². The lowest BCUT2D eigenvalue weighted by Crippen LogP contribution is -2.44. The van der Waals surface area contributed by atoms with Crippen LogP contribution in [-0.4, -0.2) is 35.7 Å². The Labute approximate surface area is 129 Å². The largest absolute Gasteiger partial charge is 0.481 e. The molecule has 1 aromatic rings. The van der Waals surface area contributed by atoms with Gasteiger partial charge in [-0.2, -0.15) is 0 Å². The number of rotatable bonds is 5. The molecule has 0 saturated carbocycles. The Kier molecular flexibility index (Phi) is 4.16. The molecule has 118 valence electrons. The second kappa shape index (κ2) is 6.08. The molecule has 3 rings (SSSR count). The lowest BCUT2D eigenvalue weighted by molar-refractivity contribution is -0.147. The number of aliphatic carboxylic acids is 1. The highest BCUT2D eigenvalue weighted by Crippen LogP contribution is 2.43. The summed E-state index contributed by atoms with van der Waals surface area (Å²) in [4.78, 5) is 23.8. The van der Waals surface area contributed by atoms with Crippen molar-refractivity contribution in [3.8, 4) is 0 Å². The number of carbonyl (C=O) groups excluding carboxylic acids is 1. The van der Waals surface area contributed by atoms with Gasteiger partial charge in [-0.25, -0.2) is 0 Å². The quantitative estimate of drug-likeness (QED) is 0.869. The van der Waals surface area contributed by atoms with Crippen LogP contribution in [0.15, 0.2) is 30.3 Å². The fourth-order valence-electron chi connectivity index (χ4n) is 3.60. The predicted octanol–water partition coefficient (Wildman–Crippen LogP) is 1.78. The molecule has 1 amide bonds. The number of amides is 1. The fraction of sp³-hybridized carbons (Fsp3) is 0.529. The van der Waals surface area contributed by atoms with Crippen molar-refractivity contribution in [3.05, 3.63) is 35.9 Å². The first-order valence-corrected chi connectivity index (χ1v) is 7.79. The zero-order valence-electron chi connectivity index (χ0n) is 12.6. The van der Waals surface area contributed by atoms with E-state index in [9.17, 15) is 14.7 Å². The van der Waals surface area contributed by atoms with Gasteiger partial charge in [-0.1, -0.05) is 37.3 Å². The van der Waals surface area contributed by atoms with E-state index in [1.165, 1.54) is 0 Å². The predicted molar refractivity (Wildman–Crippen MR) is 80.4 cm³/mol. The summed E-state index contributed by atoms with van der Waals surface area (Å²) < 4.78 is 5.63.